The Morgan fingerprint density at radius 1 is 0.223 bits per heavy atom. The van der Waals surface area contributed by atoms with Gasteiger partial charge in [0.2, 0.25) is 0 Å². The van der Waals surface area contributed by atoms with E-state index in [4.69, 9.17) is 8.83 Å². The van der Waals surface area contributed by atoms with Crippen LogP contribution in [0.2, 0.25) is 0 Å². The molecule has 0 aliphatic heterocycles. The Balaban J connectivity index is 0.000000123. The van der Waals surface area contributed by atoms with Gasteiger partial charge in [0.25, 0.3) is 0 Å². The average molecular weight is 1390 g/mol. The number of anilines is 5. The van der Waals surface area contributed by atoms with Crippen LogP contribution in [0.1, 0.15) is 0 Å². The smallest absolute Gasteiger partial charge is 0.136 e. The monoisotopic (exact) mass is 1380 g/mol. The van der Waals surface area contributed by atoms with Gasteiger partial charge in [-0.1, -0.05) is 259 Å². The third kappa shape index (κ3) is 12.1. The molecule has 488 valence electrons. The molecule has 0 aliphatic carbocycles. The van der Waals surface area contributed by atoms with Gasteiger partial charge in [0.05, 0.1) is 22.1 Å². The van der Waals surface area contributed by atoms with E-state index in [1.54, 1.807) is 0 Å². The van der Waals surface area contributed by atoms with Crippen LogP contribution >= 0.6 is 15.9 Å². The summed E-state index contributed by atoms with van der Waals surface area (Å²) in [4.78, 5) is 2.35. The van der Waals surface area contributed by atoms with Gasteiger partial charge in [-0.05, 0) is 190 Å². The minimum absolute atomic E-state index is 0.903. The van der Waals surface area contributed by atoms with Crippen LogP contribution in [0, 0.1) is 0 Å². The van der Waals surface area contributed by atoms with Crippen molar-refractivity contribution in [3.63, 3.8) is 0 Å². The lowest BCUT2D eigenvalue weighted by Crippen LogP contribution is -2.10. The molecule has 0 bridgehead atoms. The second-order valence-electron chi connectivity index (χ2n) is 25.8. The molecule has 0 saturated carbocycles. The van der Waals surface area contributed by atoms with Crippen molar-refractivity contribution >= 4 is 132 Å². The molecule has 1 N–H and O–H groups in total. The zero-order valence-corrected chi connectivity index (χ0v) is 57.6. The number of aromatic nitrogens is 2. The number of halogens is 1. The fourth-order valence-corrected chi connectivity index (χ4v) is 15.0. The van der Waals surface area contributed by atoms with Crippen molar-refractivity contribution in [3.8, 4) is 55.9 Å². The molecule has 0 fully saturated rings. The van der Waals surface area contributed by atoms with E-state index in [1.807, 2.05) is 36.4 Å². The first-order chi connectivity index (χ1) is 51.0. The highest BCUT2D eigenvalue weighted by Crippen LogP contribution is 2.42. The first kappa shape index (κ1) is 62.1. The van der Waals surface area contributed by atoms with Crippen LogP contribution < -0.4 is 10.2 Å². The van der Waals surface area contributed by atoms with Gasteiger partial charge in [-0.3, -0.25) is 0 Å². The standard InChI is InChI=1S/C48H32N2O.C30H21NO.C18H12BrN/c1-2-11-33(12-3-1)34-21-26-37(27-22-34)49(38-28-23-35(24-29-38)36-25-30-44-43-17-6-9-20-47(43)51-48(44)31-36)39-13-10-14-40(32-39)50-45-18-7-4-15-41(45)42-16-5-8-19-46(42)50;1-2-6-21(7-3-1)22-10-15-25(16-11-22)31-26-17-12-23(13-18-26)24-14-19-28-27-8-4-5-9-29(27)32-30(28)20-24;19-13-6-5-7-14(12-13)20-17-10-3-1-8-15(17)16-9-2-4-11-18(16)20/h1-32H;1-20,31H;1-12H. The minimum atomic E-state index is 0.903. The average Bonchev–Trinajstić information content (AvgIpc) is 1.61. The van der Waals surface area contributed by atoms with Crippen LogP contribution in [0.5, 0.6) is 0 Å². The van der Waals surface area contributed by atoms with E-state index in [1.165, 1.54) is 71.6 Å². The molecule has 6 nitrogen and oxygen atoms in total. The first-order valence-corrected chi connectivity index (χ1v) is 35.5. The van der Waals surface area contributed by atoms with E-state index in [9.17, 15) is 0 Å². The Morgan fingerprint density at radius 3 is 0.961 bits per heavy atom. The molecule has 20 aromatic rings. The highest BCUT2D eigenvalue weighted by molar-refractivity contribution is 9.10. The van der Waals surface area contributed by atoms with Gasteiger partial charge < -0.3 is 28.2 Å². The number of hydrogen-bond acceptors (Lipinski definition) is 4. The quantitative estimate of drug-likeness (QED) is 0.140. The SMILES string of the molecule is Brc1cccc(-n2c3ccccc3c3ccccc32)c1.c1ccc(-c2ccc(N(c3ccc(-c4ccc5c(c4)oc4ccccc45)cc3)c3cccc(-n4c5ccccc5c5ccccc54)c3)cc2)cc1.c1ccc(-c2ccc(Nc3ccc(-c4ccc5c(c4)oc4ccccc45)cc3)cc2)cc1. The Labute approximate surface area is 604 Å². The van der Waals surface area contributed by atoms with Crippen molar-refractivity contribution in [1.82, 2.24) is 9.13 Å². The van der Waals surface area contributed by atoms with Gasteiger partial charge >= 0.3 is 0 Å². The van der Waals surface area contributed by atoms with Gasteiger partial charge in [-0.2, -0.15) is 0 Å². The van der Waals surface area contributed by atoms with Crippen LogP contribution in [-0.2, 0) is 0 Å². The Bertz CT molecular complexity index is 6350. The molecule has 103 heavy (non-hydrogen) atoms. The van der Waals surface area contributed by atoms with Gasteiger partial charge in [0.15, 0.2) is 0 Å². The zero-order chi connectivity index (χ0) is 68.6. The second kappa shape index (κ2) is 27.1. The van der Waals surface area contributed by atoms with Gasteiger partial charge in [0.1, 0.15) is 22.3 Å². The molecule has 0 saturated heterocycles. The van der Waals surface area contributed by atoms with Crippen LogP contribution in [0.3, 0.4) is 0 Å². The van der Waals surface area contributed by atoms with Crippen molar-refractivity contribution < 1.29 is 8.83 Å². The van der Waals surface area contributed by atoms with Crippen LogP contribution in [0.4, 0.5) is 28.4 Å². The number of para-hydroxylation sites is 6. The van der Waals surface area contributed by atoms with Crippen LogP contribution in [0.15, 0.2) is 402 Å². The summed E-state index contributed by atoms with van der Waals surface area (Å²) < 4.78 is 18.1. The normalized spacial score (nSPS) is 11.3. The molecule has 16 aromatic carbocycles. The lowest BCUT2D eigenvalue weighted by Gasteiger charge is -2.26. The third-order valence-corrected chi connectivity index (χ3v) is 20.0. The molecule has 0 atom stereocenters. The zero-order valence-electron chi connectivity index (χ0n) is 56.0. The summed E-state index contributed by atoms with van der Waals surface area (Å²) in [6.07, 6.45) is 0. The summed E-state index contributed by atoms with van der Waals surface area (Å²) in [5, 5.41) is 13.2. The maximum atomic E-state index is 6.22. The number of nitrogens with one attached hydrogen (secondary N) is 1. The summed E-state index contributed by atoms with van der Waals surface area (Å²) in [5.74, 6) is 0. The van der Waals surface area contributed by atoms with Crippen LogP contribution in [-0.4, -0.2) is 9.13 Å². The van der Waals surface area contributed by atoms with E-state index in [-0.39, 0.29) is 0 Å². The molecule has 0 radical (unpaired) electrons. The fraction of sp³-hybridized carbons (Fsp3) is 0. The second-order valence-corrected chi connectivity index (χ2v) is 26.7. The van der Waals surface area contributed by atoms with E-state index < -0.39 is 0 Å². The van der Waals surface area contributed by atoms with Crippen molar-refractivity contribution in [2.45, 2.75) is 0 Å². The molecule has 4 heterocycles. The molecular formula is C96H65BrN4O2. The van der Waals surface area contributed by atoms with Crippen molar-refractivity contribution in [3.05, 3.63) is 393 Å². The number of nitrogens with zero attached hydrogens (tertiary/aromatic N) is 3. The summed E-state index contributed by atoms with van der Waals surface area (Å²) in [6, 6.07) is 137. The molecule has 4 aromatic heterocycles. The molecule has 0 spiro atoms. The number of benzene rings is 16. The highest BCUT2D eigenvalue weighted by atomic mass is 79.9. The number of hydrogen-bond donors (Lipinski definition) is 1. The number of fused-ring (bicyclic) bond motifs is 12. The largest absolute Gasteiger partial charge is 0.456 e. The lowest BCUT2D eigenvalue weighted by molar-refractivity contribution is 0.668. The van der Waals surface area contributed by atoms with E-state index in [0.717, 1.165) is 105 Å². The van der Waals surface area contributed by atoms with E-state index in [2.05, 4.69) is 387 Å². The van der Waals surface area contributed by atoms with E-state index >= 15 is 0 Å². The maximum absolute atomic E-state index is 6.22. The number of furan rings is 2. The van der Waals surface area contributed by atoms with Crippen LogP contribution in [0.25, 0.3) is 143 Å². The molecule has 0 unspecified atom stereocenters. The fourth-order valence-electron chi connectivity index (χ4n) is 14.6. The first-order valence-electron chi connectivity index (χ1n) is 34.7. The molecule has 0 amide bonds. The molecule has 20 rings (SSSR count). The minimum Gasteiger partial charge on any atom is -0.456 e. The Morgan fingerprint density at radius 2 is 0.544 bits per heavy atom. The third-order valence-electron chi connectivity index (χ3n) is 19.5. The highest BCUT2D eigenvalue weighted by Gasteiger charge is 2.19. The molecule has 0 aliphatic rings. The summed E-state index contributed by atoms with van der Waals surface area (Å²) in [7, 11) is 0. The van der Waals surface area contributed by atoms with Gasteiger partial charge in [-0.15, -0.1) is 0 Å². The van der Waals surface area contributed by atoms with Gasteiger partial charge in [-0.25, -0.2) is 0 Å². The summed E-state index contributed by atoms with van der Waals surface area (Å²) in [5.41, 5.74) is 25.6. The van der Waals surface area contributed by atoms with Crippen molar-refractivity contribution in [2.75, 3.05) is 10.2 Å². The lowest BCUT2D eigenvalue weighted by atomic mass is 10.0. The number of rotatable bonds is 11. The van der Waals surface area contributed by atoms with Crippen molar-refractivity contribution in [2.24, 2.45) is 0 Å². The summed E-state index contributed by atoms with van der Waals surface area (Å²) >= 11 is 3.56. The molecule has 7 heteroatoms. The van der Waals surface area contributed by atoms with E-state index in [0.29, 0.717) is 0 Å². The predicted octanol–water partition coefficient (Wildman–Crippen LogP) is 27.7. The topological polar surface area (TPSA) is 51.4 Å². The summed E-state index contributed by atoms with van der Waals surface area (Å²) in [6.45, 7) is 0. The Hall–Kier alpha value is -13.2. The van der Waals surface area contributed by atoms with Gasteiger partial charge in [0, 0.05) is 87.4 Å². The maximum Gasteiger partial charge on any atom is 0.136 e. The molecular weight excluding hydrogens is 1320 g/mol. The predicted molar refractivity (Wildman–Crippen MR) is 436 cm³/mol. The Kier molecular flexibility index (Phi) is 16.4. The van der Waals surface area contributed by atoms with Crippen molar-refractivity contribution in [1.29, 1.82) is 0 Å².